The normalized spacial score (nSPS) is 14.7. The topological polar surface area (TPSA) is 99.4 Å². The Morgan fingerprint density at radius 3 is 2.80 bits per heavy atom. The van der Waals surface area contributed by atoms with Gasteiger partial charge in [-0.25, -0.2) is 13.8 Å². The fraction of sp³-hybridized carbons (Fsp3) is 0.320. The average Bonchev–Trinajstić information content (AvgIpc) is 3.49. The average molecular weight is 477 g/mol. The number of aromatic amines is 1. The van der Waals surface area contributed by atoms with Crippen LogP contribution in [0.25, 0.3) is 28.1 Å². The maximum atomic E-state index is 15.5. The van der Waals surface area contributed by atoms with Crippen molar-refractivity contribution in [1.82, 2.24) is 34.8 Å². The van der Waals surface area contributed by atoms with Crippen molar-refractivity contribution in [3.63, 3.8) is 0 Å². The predicted octanol–water partition coefficient (Wildman–Crippen LogP) is 4.40. The summed E-state index contributed by atoms with van der Waals surface area (Å²) in [6.45, 7) is 6.96. The summed E-state index contributed by atoms with van der Waals surface area (Å²) in [5.41, 5.74) is 2.14. The van der Waals surface area contributed by atoms with Crippen molar-refractivity contribution in [2.75, 3.05) is 19.6 Å². The van der Waals surface area contributed by atoms with Gasteiger partial charge >= 0.3 is 0 Å². The lowest BCUT2D eigenvalue weighted by atomic mass is 10.0. The fourth-order valence-corrected chi connectivity index (χ4v) is 4.14. The van der Waals surface area contributed by atoms with E-state index >= 15 is 4.39 Å². The van der Waals surface area contributed by atoms with E-state index in [1.165, 1.54) is 6.07 Å². The molecule has 1 aromatic carbocycles. The van der Waals surface area contributed by atoms with E-state index in [0.29, 0.717) is 29.8 Å². The summed E-state index contributed by atoms with van der Waals surface area (Å²) in [6.07, 6.45) is 9.02. The summed E-state index contributed by atoms with van der Waals surface area (Å²) < 4.78 is 32.2. The Bertz CT molecular complexity index is 1410. The Hall–Kier alpha value is -3.79. The zero-order chi connectivity index (χ0) is 24.5. The first-order valence-electron chi connectivity index (χ1n) is 11.7. The molecule has 1 saturated heterocycles. The maximum absolute atomic E-state index is 15.5. The molecule has 0 aliphatic carbocycles. The van der Waals surface area contributed by atoms with Gasteiger partial charge in [-0.05, 0) is 31.2 Å². The van der Waals surface area contributed by atoms with Gasteiger partial charge in [0.25, 0.3) is 0 Å². The molecule has 0 unspecified atom stereocenters. The molecule has 8 nitrogen and oxygen atoms in total. The minimum atomic E-state index is -0.685. The molecule has 180 valence electrons. The van der Waals surface area contributed by atoms with Gasteiger partial charge in [-0.15, -0.1) is 0 Å². The van der Waals surface area contributed by atoms with E-state index in [-0.39, 0.29) is 22.9 Å². The highest BCUT2D eigenvalue weighted by molar-refractivity contribution is 5.95. The van der Waals surface area contributed by atoms with Gasteiger partial charge in [0.1, 0.15) is 17.5 Å². The molecule has 1 fully saturated rings. The Labute approximate surface area is 201 Å². The van der Waals surface area contributed by atoms with Crippen LogP contribution in [0.2, 0.25) is 0 Å². The molecule has 4 aromatic rings. The second-order valence-corrected chi connectivity index (χ2v) is 8.69. The Balaban J connectivity index is 1.41. The van der Waals surface area contributed by atoms with Crippen LogP contribution in [0.3, 0.4) is 0 Å². The highest BCUT2D eigenvalue weighted by Crippen LogP contribution is 2.29. The lowest BCUT2D eigenvalue weighted by Gasteiger charge is -2.38. The van der Waals surface area contributed by atoms with Gasteiger partial charge < -0.3 is 5.41 Å². The third-order valence-corrected chi connectivity index (χ3v) is 6.37. The summed E-state index contributed by atoms with van der Waals surface area (Å²) in [4.78, 5) is 10.9. The molecule has 0 radical (unpaired) electrons. The SMILES string of the molecule is CCC(=N)/C=C\c1n[nH]c(Cc2c(F)cc3ncc(-c4cnn(C5CN(CC)C5)c4)cc3c2F)n1. The number of rotatable bonds is 8. The van der Waals surface area contributed by atoms with Crippen LogP contribution in [0.5, 0.6) is 0 Å². The van der Waals surface area contributed by atoms with Crippen LogP contribution in [0.15, 0.2) is 36.8 Å². The molecule has 0 amide bonds. The van der Waals surface area contributed by atoms with Crippen LogP contribution >= 0.6 is 0 Å². The molecule has 0 spiro atoms. The van der Waals surface area contributed by atoms with E-state index in [2.05, 4.69) is 37.1 Å². The van der Waals surface area contributed by atoms with Crippen molar-refractivity contribution in [2.45, 2.75) is 32.7 Å². The molecule has 3 aromatic heterocycles. The van der Waals surface area contributed by atoms with Crippen molar-refractivity contribution >= 4 is 22.7 Å². The zero-order valence-corrected chi connectivity index (χ0v) is 19.6. The molecule has 1 aliphatic rings. The largest absolute Gasteiger partial charge is 0.305 e. The number of hydrogen-bond donors (Lipinski definition) is 2. The molecule has 10 heteroatoms. The van der Waals surface area contributed by atoms with Crippen LogP contribution < -0.4 is 0 Å². The molecule has 5 rings (SSSR count). The maximum Gasteiger partial charge on any atom is 0.173 e. The van der Waals surface area contributed by atoms with E-state index < -0.39 is 11.6 Å². The third-order valence-electron chi connectivity index (χ3n) is 6.37. The monoisotopic (exact) mass is 476 g/mol. The number of H-pyrrole nitrogens is 1. The molecule has 2 N–H and O–H groups in total. The number of likely N-dealkylation sites (tertiary alicyclic amines) is 1. The number of nitrogens with zero attached hydrogens (tertiary/aromatic N) is 6. The van der Waals surface area contributed by atoms with Crippen molar-refractivity contribution < 1.29 is 8.78 Å². The number of allylic oxidation sites excluding steroid dienone is 1. The minimum absolute atomic E-state index is 0.0859. The van der Waals surface area contributed by atoms with Crippen LogP contribution in [0, 0.1) is 17.0 Å². The second-order valence-electron chi connectivity index (χ2n) is 8.69. The minimum Gasteiger partial charge on any atom is -0.305 e. The standard InChI is InChI=1S/C25H26F2N8/c1-3-17(28)5-6-23-31-24(33-32-23)8-19-21(26)9-22-20(25(19)27)7-15(10-29-22)16-11-30-35(12-16)18-13-34(4-2)14-18/h5-7,9-12,18,28H,3-4,8,13-14H2,1-2H3,(H,31,32,33)/b6-5-,28-17?. The summed E-state index contributed by atoms with van der Waals surface area (Å²) in [5.74, 6) is -0.665. The number of aromatic nitrogens is 6. The zero-order valence-electron chi connectivity index (χ0n) is 19.6. The van der Waals surface area contributed by atoms with E-state index in [9.17, 15) is 4.39 Å². The van der Waals surface area contributed by atoms with Crippen LogP contribution in [0.1, 0.15) is 43.5 Å². The summed E-state index contributed by atoms with van der Waals surface area (Å²) >= 11 is 0. The lowest BCUT2D eigenvalue weighted by Crippen LogP contribution is -2.47. The lowest BCUT2D eigenvalue weighted by molar-refractivity contribution is 0.105. The molecule has 1 aliphatic heterocycles. The van der Waals surface area contributed by atoms with Crippen LogP contribution in [-0.2, 0) is 6.42 Å². The highest BCUT2D eigenvalue weighted by atomic mass is 19.1. The van der Waals surface area contributed by atoms with E-state index in [1.807, 2.05) is 17.8 Å². The first-order chi connectivity index (χ1) is 16.9. The number of likely N-dealkylation sites (N-methyl/N-ethyl adjacent to an activating group) is 1. The molecular weight excluding hydrogens is 450 g/mol. The number of hydrogen-bond acceptors (Lipinski definition) is 6. The van der Waals surface area contributed by atoms with E-state index in [4.69, 9.17) is 5.41 Å². The number of pyridine rings is 1. The fourth-order valence-electron chi connectivity index (χ4n) is 4.14. The Morgan fingerprint density at radius 1 is 1.20 bits per heavy atom. The number of halogens is 2. The molecule has 4 heterocycles. The second kappa shape index (κ2) is 9.46. The number of fused-ring (bicyclic) bond motifs is 1. The van der Waals surface area contributed by atoms with Gasteiger partial charge in [0, 0.05) is 65.8 Å². The van der Waals surface area contributed by atoms with E-state index in [1.54, 1.807) is 30.6 Å². The first-order valence-corrected chi connectivity index (χ1v) is 11.7. The van der Waals surface area contributed by atoms with Crippen LogP contribution in [0.4, 0.5) is 8.78 Å². The summed E-state index contributed by atoms with van der Waals surface area (Å²) in [7, 11) is 0. The first kappa shape index (κ1) is 23.0. The quantitative estimate of drug-likeness (QED) is 0.367. The van der Waals surface area contributed by atoms with E-state index in [0.717, 1.165) is 30.8 Å². The molecular formula is C25H26F2N8. The highest BCUT2D eigenvalue weighted by Gasteiger charge is 2.27. The van der Waals surface area contributed by atoms with Gasteiger partial charge in [-0.1, -0.05) is 13.8 Å². The van der Waals surface area contributed by atoms with Gasteiger partial charge in [0.05, 0.1) is 17.8 Å². The summed E-state index contributed by atoms with van der Waals surface area (Å²) in [6, 6.07) is 3.27. The van der Waals surface area contributed by atoms with Crippen molar-refractivity contribution in [1.29, 1.82) is 5.41 Å². The Kier molecular flexibility index (Phi) is 6.21. The molecule has 0 atom stereocenters. The molecule has 0 saturated carbocycles. The van der Waals surface area contributed by atoms with Gasteiger partial charge in [-0.2, -0.15) is 10.2 Å². The Morgan fingerprint density at radius 2 is 2.03 bits per heavy atom. The van der Waals surface area contributed by atoms with Crippen molar-refractivity contribution in [3.05, 3.63) is 65.6 Å². The van der Waals surface area contributed by atoms with Crippen molar-refractivity contribution in [3.8, 4) is 11.1 Å². The summed E-state index contributed by atoms with van der Waals surface area (Å²) in [5, 5.41) is 19.2. The molecule has 35 heavy (non-hydrogen) atoms. The van der Waals surface area contributed by atoms with Gasteiger partial charge in [-0.3, -0.25) is 19.7 Å². The van der Waals surface area contributed by atoms with Gasteiger partial charge in [0.2, 0.25) is 0 Å². The predicted molar refractivity (Wildman–Crippen MR) is 130 cm³/mol. The number of nitrogens with one attached hydrogen (secondary N) is 2. The van der Waals surface area contributed by atoms with Gasteiger partial charge in [0.15, 0.2) is 5.82 Å². The molecule has 0 bridgehead atoms. The van der Waals surface area contributed by atoms with Crippen molar-refractivity contribution in [2.24, 2.45) is 0 Å². The number of benzene rings is 1. The third kappa shape index (κ3) is 4.61. The smallest absolute Gasteiger partial charge is 0.173 e. The van der Waals surface area contributed by atoms with Crippen LogP contribution in [-0.4, -0.2) is 60.2 Å².